The van der Waals surface area contributed by atoms with E-state index in [1.54, 1.807) is 6.07 Å². The fraction of sp³-hybridized carbons (Fsp3) is 0.278. The molecule has 0 aromatic heterocycles. The molecule has 1 fully saturated rings. The molecule has 2 aliphatic heterocycles. The van der Waals surface area contributed by atoms with Gasteiger partial charge in [-0.25, -0.2) is 8.42 Å². The number of allylic oxidation sites excluding steroid dienone is 1. The number of thioether (sulfide) groups is 1. The number of amides is 2. The predicted octanol–water partition coefficient (Wildman–Crippen LogP) is -4.35. The maximum absolute atomic E-state index is 12.6. The average molecular weight is 474 g/mol. The van der Waals surface area contributed by atoms with Gasteiger partial charge in [0.15, 0.2) is 0 Å². The molecular weight excluding hydrogens is 455 g/mol. The van der Waals surface area contributed by atoms with Gasteiger partial charge in [-0.05, 0) is 23.3 Å². The van der Waals surface area contributed by atoms with Crippen LogP contribution in [0.1, 0.15) is 11.6 Å². The second-order valence-corrected chi connectivity index (χ2v) is 9.59. The number of fused-ring (bicyclic) bond motifs is 1. The van der Waals surface area contributed by atoms with E-state index >= 15 is 0 Å². The first-order valence-corrected chi connectivity index (χ1v) is 11.6. The van der Waals surface area contributed by atoms with E-state index in [0.29, 0.717) is 16.9 Å². The second-order valence-electron chi connectivity index (χ2n) is 6.74. The fourth-order valence-electron chi connectivity index (χ4n) is 3.19. The molecule has 1 unspecified atom stereocenters. The van der Waals surface area contributed by atoms with Gasteiger partial charge >= 0.3 is 29.6 Å². The number of β-lactam (4-membered cyclic amide) rings is 1. The Labute approximate surface area is 205 Å². The van der Waals surface area contributed by atoms with Gasteiger partial charge in [0.25, 0.3) is 5.91 Å². The number of hydrogen-bond donors (Lipinski definition) is 3. The first kappa shape index (κ1) is 25.4. The smallest absolute Gasteiger partial charge is 0.543 e. The molecule has 1 aromatic rings. The molecule has 2 amide bonds. The standard InChI is InChI=1S/C18H20N4O6S2.Na/c1-3-9-8-29-17-13(16(24)22(17)14(9)18(25)26)20-15(23)12(19)10-5-4-6-11(7-10)21-30(2,27)28;/h3-7,12-13,17,21H,1,8,19H2,2H3,(H,20,23)(H,25,26);/q;+1/p-1/t12-,13?,17-;/m1./s1. The van der Waals surface area contributed by atoms with Gasteiger partial charge in [0.2, 0.25) is 15.9 Å². The number of aliphatic carboxylic acids is 1. The summed E-state index contributed by atoms with van der Waals surface area (Å²) in [6, 6.07) is 3.91. The van der Waals surface area contributed by atoms with E-state index in [0.717, 1.165) is 11.2 Å². The minimum absolute atomic E-state index is 0. The Morgan fingerprint density at radius 3 is 2.68 bits per heavy atom. The molecule has 3 atom stereocenters. The fourth-order valence-corrected chi connectivity index (χ4v) is 5.09. The number of carboxylic acids is 1. The molecule has 160 valence electrons. The summed E-state index contributed by atoms with van der Waals surface area (Å²) in [6.07, 6.45) is 2.36. The molecule has 0 aliphatic carbocycles. The van der Waals surface area contributed by atoms with Gasteiger partial charge in [0.1, 0.15) is 17.5 Å². The summed E-state index contributed by atoms with van der Waals surface area (Å²) in [7, 11) is -3.50. The summed E-state index contributed by atoms with van der Waals surface area (Å²) in [5.41, 5.74) is 6.70. The van der Waals surface area contributed by atoms with Crippen molar-refractivity contribution in [3.8, 4) is 0 Å². The van der Waals surface area contributed by atoms with Crippen LogP contribution in [0.4, 0.5) is 5.69 Å². The topological polar surface area (TPSA) is 162 Å². The quantitative estimate of drug-likeness (QED) is 0.264. The van der Waals surface area contributed by atoms with Gasteiger partial charge in [-0.1, -0.05) is 24.8 Å². The van der Waals surface area contributed by atoms with E-state index < -0.39 is 45.3 Å². The Hall–Kier alpha value is -1.83. The number of benzene rings is 1. The summed E-state index contributed by atoms with van der Waals surface area (Å²) in [5, 5.41) is 13.4. The van der Waals surface area contributed by atoms with Gasteiger partial charge in [-0.3, -0.25) is 19.2 Å². The minimum atomic E-state index is -3.50. The van der Waals surface area contributed by atoms with Crippen LogP contribution in [0, 0.1) is 0 Å². The van der Waals surface area contributed by atoms with Gasteiger partial charge in [-0.2, -0.15) is 0 Å². The van der Waals surface area contributed by atoms with Crippen LogP contribution < -0.4 is 50.4 Å². The number of carbonyl (C=O) groups is 3. The summed E-state index contributed by atoms with van der Waals surface area (Å²) >= 11 is 1.29. The molecule has 1 aromatic carbocycles. The van der Waals surface area contributed by atoms with E-state index in [4.69, 9.17) is 5.73 Å². The van der Waals surface area contributed by atoms with Crippen molar-refractivity contribution in [3.05, 3.63) is 53.8 Å². The third-order valence-corrected chi connectivity index (χ3v) is 6.48. The van der Waals surface area contributed by atoms with E-state index in [-0.39, 0.29) is 40.9 Å². The Morgan fingerprint density at radius 2 is 2.10 bits per heavy atom. The summed E-state index contributed by atoms with van der Waals surface area (Å²) in [5.74, 6) is -2.42. The van der Waals surface area contributed by atoms with Crippen molar-refractivity contribution in [2.24, 2.45) is 5.73 Å². The maximum Gasteiger partial charge on any atom is 1.00 e. The van der Waals surface area contributed by atoms with Crippen LogP contribution in [-0.4, -0.2) is 54.5 Å². The van der Waals surface area contributed by atoms with Crippen LogP contribution in [0.5, 0.6) is 0 Å². The Morgan fingerprint density at radius 1 is 1.42 bits per heavy atom. The van der Waals surface area contributed by atoms with E-state index in [2.05, 4.69) is 16.6 Å². The Bertz CT molecular complexity index is 1070. The van der Waals surface area contributed by atoms with Gasteiger partial charge in [-0.15, -0.1) is 11.8 Å². The third kappa shape index (κ3) is 5.33. The molecule has 0 bridgehead atoms. The van der Waals surface area contributed by atoms with E-state index in [1.165, 1.54) is 36.0 Å². The molecule has 2 heterocycles. The SMILES string of the molecule is C=CC1=C(C(=O)[O-])N2C(=O)C(NC(=O)[C@H](N)c3cccc(NS(C)(=O)=O)c3)[C@H]2SC1.[Na+]. The number of carbonyl (C=O) groups excluding carboxylic acids is 3. The summed E-state index contributed by atoms with van der Waals surface area (Å²) in [4.78, 5) is 37.6. The molecule has 0 spiro atoms. The number of rotatable bonds is 7. The number of nitrogens with two attached hydrogens (primary N) is 1. The van der Waals surface area contributed by atoms with E-state index in [1.807, 2.05) is 0 Å². The van der Waals surface area contributed by atoms with Crippen molar-refractivity contribution in [1.29, 1.82) is 0 Å². The Kier molecular flexibility index (Phi) is 8.00. The maximum atomic E-state index is 12.6. The average Bonchev–Trinajstić information content (AvgIpc) is 2.68. The van der Waals surface area contributed by atoms with Gasteiger partial charge in [0.05, 0.1) is 17.9 Å². The first-order valence-electron chi connectivity index (χ1n) is 8.69. The summed E-state index contributed by atoms with van der Waals surface area (Å²) < 4.78 is 25.0. The zero-order chi connectivity index (χ0) is 22.2. The molecule has 0 saturated carbocycles. The largest absolute Gasteiger partial charge is 1.00 e. The number of carboxylic acid groups (broad SMARTS) is 1. The molecule has 10 nitrogen and oxygen atoms in total. The van der Waals surface area contributed by atoms with Crippen LogP contribution in [0.15, 0.2) is 48.2 Å². The van der Waals surface area contributed by atoms with Gasteiger partial charge < -0.3 is 21.0 Å². The Balaban J connectivity index is 0.00000341. The number of nitrogens with one attached hydrogen (secondary N) is 2. The van der Waals surface area contributed by atoms with Crippen LogP contribution >= 0.6 is 11.8 Å². The number of hydrogen-bond acceptors (Lipinski definition) is 8. The van der Waals surface area contributed by atoms with Crippen molar-refractivity contribution < 1.29 is 57.5 Å². The predicted molar refractivity (Wildman–Crippen MR) is 109 cm³/mol. The van der Waals surface area contributed by atoms with Gasteiger partial charge in [0, 0.05) is 11.4 Å². The molecule has 0 radical (unpaired) electrons. The third-order valence-electron chi connectivity index (χ3n) is 4.57. The second kappa shape index (κ2) is 9.76. The normalized spacial score (nSPS) is 21.2. The first-order chi connectivity index (χ1) is 14.0. The van der Waals surface area contributed by atoms with Crippen molar-refractivity contribution in [2.75, 3.05) is 16.7 Å². The van der Waals surface area contributed by atoms with Crippen molar-refractivity contribution in [1.82, 2.24) is 10.2 Å². The monoisotopic (exact) mass is 474 g/mol. The molecule has 13 heteroatoms. The van der Waals surface area contributed by atoms with Crippen molar-refractivity contribution >= 4 is 45.3 Å². The molecule has 3 rings (SSSR count). The number of anilines is 1. The van der Waals surface area contributed by atoms with Crippen LogP contribution in [-0.2, 0) is 24.4 Å². The van der Waals surface area contributed by atoms with Crippen LogP contribution in [0.3, 0.4) is 0 Å². The number of nitrogens with zero attached hydrogens (tertiary/aromatic N) is 1. The molecule has 31 heavy (non-hydrogen) atoms. The summed E-state index contributed by atoms with van der Waals surface area (Å²) in [6.45, 7) is 3.55. The zero-order valence-electron chi connectivity index (χ0n) is 16.8. The van der Waals surface area contributed by atoms with Crippen molar-refractivity contribution in [3.63, 3.8) is 0 Å². The number of sulfonamides is 1. The molecule has 1 saturated heterocycles. The molecule has 2 aliphatic rings. The minimum Gasteiger partial charge on any atom is -0.543 e. The zero-order valence-corrected chi connectivity index (χ0v) is 20.5. The van der Waals surface area contributed by atoms with Crippen molar-refractivity contribution in [2.45, 2.75) is 17.5 Å². The molecule has 4 N–H and O–H groups in total. The van der Waals surface area contributed by atoms with Crippen LogP contribution in [0.25, 0.3) is 0 Å². The van der Waals surface area contributed by atoms with Crippen LogP contribution in [0.2, 0.25) is 0 Å². The van der Waals surface area contributed by atoms with E-state index in [9.17, 15) is 27.9 Å². The molecular formula is C18H19N4NaO6S2.